The van der Waals surface area contributed by atoms with Crippen molar-refractivity contribution in [1.82, 2.24) is 9.97 Å². The molecular weight excluding hydrogens is 273 g/mol. The number of alkyl halides is 3. The van der Waals surface area contributed by atoms with Gasteiger partial charge in [0.2, 0.25) is 0 Å². The van der Waals surface area contributed by atoms with Crippen LogP contribution in [0.5, 0.6) is 0 Å². The second-order valence-electron chi connectivity index (χ2n) is 3.82. The number of rotatable bonds is 2. The summed E-state index contributed by atoms with van der Waals surface area (Å²) in [5, 5.41) is 0. The minimum atomic E-state index is -4.59. The number of carbonyl (C=O) groups is 1. The summed E-state index contributed by atoms with van der Waals surface area (Å²) in [5.74, 6) is -0.752. The van der Waals surface area contributed by atoms with Gasteiger partial charge in [0.05, 0.1) is 18.4 Å². The van der Waals surface area contributed by atoms with Crippen LogP contribution in [0, 0.1) is 0 Å². The van der Waals surface area contributed by atoms with Crippen LogP contribution in [0.3, 0.4) is 0 Å². The molecule has 0 aliphatic heterocycles. The SMILES string of the molecule is COC(=O)c1ccc(C(F)(F)F)nc1-c1ccncc1. The maximum absolute atomic E-state index is 12.7. The summed E-state index contributed by atoms with van der Waals surface area (Å²) in [4.78, 5) is 18.9. The standard InChI is InChI=1S/C13H9F3N2O2/c1-20-12(19)9-2-3-10(13(14,15)16)18-11(9)8-4-6-17-7-5-8/h2-7H,1H3. The van der Waals surface area contributed by atoms with E-state index in [1.807, 2.05) is 0 Å². The van der Waals surface area contributed by atoms with Gasteiger partial charge in [-0.15, -0.1) is 0 Å². The molecule has 0 atom stereocenters. The first-order chi connectivity index (χ1) is 9.43. The minimum absolute atomic E-state index is 0.0355. The molecule has 0 amide bonds. The first-order valence-electron chi connectivity index (χ1n) is 5.50. The van der Waals surface area contributed by atoms with E-state index in [4.69, 9.17) is 0 Å². The van der Waals surface area contributed by atoms with Crippen molar-refractivity contribution < 1.29 is 22.7 Å². The van der Waals surface area contributed by atoms with Gasteiger partial charge in [-0.1, -0.05) is 0 Å². The molecule has 0 aromatic carbocycles. The van der Waals surface area contributed by atoms with Gasteiger partial charge >= 0.3 is 12.1 Å². The molecule has 2 aromatic rings. The number of hydrogen-bond acceptors (Lipinski definition) is 4. The lowest BCUT2D eigenvalue weighted by Gasteiger charge is -2.11. The number of carbonyl (C=O) groups excluding carboxylic acids is 1. The highest BCUT2D eigenvalue weighted by Crippen LogP contribution is 2.31. The van der Waals surface area contributed by atoms with E-state index in [0.29, 0.717) is 5.56 Å². The fourth-order valence-corrected chi connectivity index (χ4v) is 1.62. The van der Waals surface area contributed by atoms with Crippen LogP contribution in [-0.4, -0.2) is 23.0 Å². The zero-order valence-electron chi connectivity index (χ0n) is 10.3. The fraction of sp³-hybridized carbons (Fsp3) is 0.154. The summed E-state index contributed by atoms with van der Waals surface area (Å²) in [6.45, 7) is 0. The summed E-state index contributed by atoms with van der Waals surface area (Å²) in [5.41, 5.74) is -0.843. The van der Waals surface area contributed by atoms with E-state index in [2.05, 4.69) is 14.7 Å². The largest absolute Gasteiger partial charge is 0.465 e. The van der Waals surface area contributed by atoms with Crippen molar-refractivity contribution in [3.05, 3.63) is 47.9 Å². The van der Waals surface area contributed by atoms with Crippen LogP contribution in [0.15, 0.2) is 36.7 Å². The average molecular weight is 282 g/mol. The van der Waals surface area contributed by atoms with Crippen LogP contribution >= 0.6 is 0 Å². The number of methoxy groups -OCH3 is 1. The Balaban J connectivity index is 2.64. The zero-order chi connectivity index (χ0) is 14.8. The van der Waals surface area contributed by atoms with Gasteiger partial charge in [0.1, 0.15) is 5.69 Å². The molecule has 4 nitrogen and oxygen atoms in total. The third-order valence-electron chi connectivity index (χ3n) is 2.54. The predicted octanol–water partition coefficient (Wildman–Crippen LogP) is 2.95. The summed E-state index contributed by atoms with van der Waals surface area (Å²) in [6, 6.07) is 4.73. The molecule has 0 fully saturated rings. The molecule has 0 N–H and O–H groups in total. The van der Waals surface area contributed by atoms with Crippen molar-refractivity contribution in [2.24, 2.45) is 0 Å². The number of pyridine rings is 2. The summed E-state index contributed by atoms with van der Waals surface area (Å²) >= 11 is 0. The maximum Gasteiger partial charge on any atom is 0.433 e. The number of halogens is 3. The van der Waals surface area contributed by atoms with E-state index >= 15 is 0 Å². The first-order valence-corrected chi connectivity index (χ1v) is 5.50. The Morgan fingerprint density at radius 1 is 1.15 bits per heavy atom. The third kappa shape index (κ3) is 2.76. The van der Waals surface area contributed by atoms with E-state index in [-0.39, 0.29) is 11.3 Å². The second-order valence-corrected chi connectivity index (χ2v) is 3.82. The lowest BCUT2D eigenvalue weighted by molar-refractivity contribution is -0.141. The van der Waals surface area contributed by atoms with E-state index < -0.39 is 17.8 Å². The predicted molar refractivity (Wildman–Crippen MR) is 63.8 cm³/mol. The van der Waals surface area contributed by atoms with Crippen LogP contribution < -0.4 is 0 Å². The molecule has 104 valence electrons. The van der Waals surface area contributed by atoms with Gasteiger partial charge in [-0.05, 0) is 24.3 Å². The number of hydrogen-bond donors (Lipinski definition) is 0. The van der Waals surface area contributed by atoms with Gasteiger partial charge < -0.3 is 4.74 Å². The monoisotopic (exact) mass is 282 g/mol. The van der Waals surface area contributed by atoms with Crippen LogP contribution in [0.2, 0.25) is 0 Å². The molecule has 2 aromatic heterocycles. The Kier molecular flexibility index (Phi) is 3.69. The summed E-state index contributed by atoms with van der Waals surface area (Å²) in [7, 11) is 1.15. The molecule has 0 saturated heterocycles. The van der Waals surface area contributed by atoms with E-state index in [1.54, 1.807) is 0 Å². The van der Waals surface area contributed by atoms with Crippen molar-refractivity contribution in [2.75, 3.05) is 7.11 Å². The van der Waals surface area contributed by atoms with Crippen molar-refractivity contribution >= 4 is 5.97 Å². The van der Waals surface area contributed by atoms with Crippen LogP contribution in [-0.2, 0) is 10.9 Å². The molecule has 2 rings (SSSR count). The molecule has 0 spiro atoms. The highest BCUT2D eigenvalue weighted by molar-refractivity contribution is 5.96. The maximum atomic E-state index is 12.7. The van der Waals surface area contributed by atoms with Crippen molar-refractivity contribution in [3.8, 4) is 11.3 Å². The highest BCUT2D eigenvalue weighted by Gasteiger charge is 2.33. The lowest BCUT2D eigenvalue weighted by Crippen LogP contribution is -2.12. The van der Waals surface area contributed by atoms with Gasteiger partial charge in [-0.3, -0.25) is 4.98 Å². The average Bonchev–Trinajstić information content (AvgIpc) is 2.46. The zero-order valence-corrected chi connectivity index (χ0v) is 10.3. The van der Waals surface area contributed by atoms with Crippen LogP contribution in [0.4, 0.5) is 13.2 Å². The number of ether oxygens (including phenoxy) is 1. The lowest BCUT2D eigenvalue weighted by atomic mass is 10.1. The van der Waals surface area contributed by atoms with Crippen molar-refractivity contribution in [3.63, 3.8) is 0 Å². The smallest absolute Gasteiger partial charge is 0.433 e. The molecule has 0 radical (unpaired) electrons. The van der Waals surface area contributed by atoms with E-state index in [1.165, 1.54) is 24.5 Å². The quantitative estimate of drug-likeness (QED) is 0.795. The highest BCUT2D eigenvalue weighted by atomic mass is 19.4. The topological polar surface area (TPSA) is 52.1 Å². The Hall–Kier alpha value is -2.44. The Labute approximate surface area is 112 Å². The number of esters is 1. The van der Waals surface area contributed by atoms with Crippen LogP contribution in [0.25, 0.3) is 11.3 Å². The molecule has 0 aliphatic carbocycles. The van der Waals surface area contributed by atoms with Crippen LogP contribution in [0.1, 0.15) is 16.1 Å². The molecular formula is C13H9F3N2O2. The molecule has 0 saturated carbocycles. The summed E-state index contributed by atoms with van der Waals surface area (Å²) < 4.78 is 42.7. The molecule has 0 unspecified atom stereocenters. The number of aromatic nitrogens is 2. The fourth-order valence-electron chi connectivity index (χ4n) is 1.62. The second kappa shape index (κ2) is 5.28. The van der Waals surface area contributed by atoms with E-state index in [9.17, 15) is 18.0 Å². The minimum Gasteiger partial charge on any atom is -0.465 e. The number of nitrogens with zero attached hydrogens (tertiary/aromatic N) is 2. The van der Waals surface area contributed by atoms with Gasteiger partial charge in [-0.2, -0.15) is 13.2 Å². The van der Waals surface area contributed by atoms with Crippen molar-refractivity contribution in [1.29, 1.82) is 0 Å². The normalized spacial score (nSPS) is 11.2. The summed E-state index contributed by atoms with van der Waals surface area (Å²) in [6.07, 6.45) is -1.78. The van der Waals surface area contributed by atoms with Gasteiger partial charge in [0.15, 0.2) is 0 Å². The van der Waals surface area contributed by atoms with Crippen molar-refractivity contribution in [2.45, 2.75) is 6.18 Å². The van der Waals surface area contributed by atoms with Gasteiger partial charge in [0.25, 0.3) is 0 Å². The van der Waals surface area contributed by atoms with Gasteiger partial charge in [0, 0.05) is 18.0 Å². The molecule has 2 heterocycles. The Bertz CT molecular complexity index is 627. The first kappa shape index (κ1) is 14.0. The molecule has 20 heavy (non-hydrogen) atoms. The van der Waals surface area contributed by atoms with E-state index in [0.717, 1.165) is 19.2 Å². The Morgan fingerprint density at radius 3 is 2.35 bits per heavy atom. The Morgan fingerprint density at radius 2 is 1.80 bits per heavy atom. The third-order valence-corrected chi connectivity index (χ3v) is 2.54. The van der Waals surface area contributed by atoms with Gasteiger partial charge in [-0.25, -0.2) is 9.78 Å². The molecule has 7 heteroatoms. The molecule has 0 aliphatic rings. The molecule has 0 bridgehead atoms.